The maximum atomic E-state index is 6.07. The minimum absolute atomic E-state index is 0.235. The Morgan fingerprint density at radius 3 is 2.20 bits per heavy atom. The van der Waals surface area contributed by atoms with Gasteiger partial charge >= 0.3 is 0 Å². The smallest absolute Gasteiger partial charge is 0.160 e. The van der Waals surface area contributed by atoms with E-state index < -0.39 is 0 Å². The van der Waals surface area contributed by atoms with Crippen molar-refractivity contribution in [2.45, 2.75) is 65.5 Å². The van der Waals surface area contributed by atoms with E-state index in [0.29, 0.717) is 0 Å². The molecule has 0 bridgehead atoms. The molecular weight excluding hydrogens is 250 g/mol. The van der Waals surface area contributed by atoms with E-state index in [1.165, 1.54) is 18.4 Å². The lowest BCUT2D eigenvalue weighted by molar-refractivity contribution is -0.0459. The zero-order chi connectivity index (χ0) is 14.6. The van der Waals surface area contributed by atoms with Gasteiger partial charge in [0.05, 0.1) is 0 Å². The number of aryl methyl sites for hydroxylation is 2. The Bertz CT molecular complexity index is 430. The van der Waals surface area contributed by atoms with E-state index in [2.05, 4.69) is 33.0 Å². The molecule has 1 fully saturated rings. The first kappa shape index (κ1) is 15.4. The van der Waals surface area contributed by atoms with Crippen LogP contribution in [0.3, 0.4) is 0 Å². The van der Waals surface area contributed by atoms with Crippen molar-refractivity contribution in [3.8, 4) is 0 Å². The molecule has 0 radical (unpaired) electrons. The van der Waals surface area contributed by atoms with Gasteiger partial charge in [-0.25, -0.2) is 9.97 Å². The Balaban J connectivity index is 2.33. The fraction of sp³-hybridized carbons (Fsp3) is 0.750. The second-order valence-corrected chi connectivity index (χ2v) is 5.61. The van der Waals surface area contributed by atoms with Crippen LogP contribution in [-0.4, -0.2) is 23.1 Å². The standard InChI is InChI=1S/C16H27N3O/c1-5-17-11-14-12(3)18-15(19-13(14)4)16(20-6-2)9-7-8-10-16/h17H,5-11H2,1-4H3. The molecule has 1 N–H and O–H groups in total. The Labute approximate surface area is 122 Å². The molecule has 1 heterocycles. The van der Waals surface area contributed by atoms with Crippen molar-refractivity contribution in [1.29, 1.82) is 0 Å². The fourth-order valence-electron chi connectivity index (χ4n) is 3.10. The maximum Gasteiger partial charge on any atom is 0.160 e. The quantitative estimate of drug-likeness (QED) is 0.868. The molecule has 1 aliphatic rings. The third-order valence-corrected chi connectivity index (χ3v) is 4.21. The van der Waals surface area contributed by atoms with Crippen LogP contribution >= 0.6 is 0 Å². The Morgan fingerprint density at radius 2 is 1.70 bits per heavy atom. The minimum Gasteiger partial charge on any atom is -0.367 e. The molecule has 112 valence electrons. The molecule has 0 spiro atoms. The Hall–Kier alpha value is -1.00. The molecule has 0 amide bonds. The number of nitrogens with zero attached hydrogens (tertiary/aromatic N) is 2. The third kappa shape index (κ3) is 3.01. The van der Waals surface area contributed by atoms with E-state index >= 15 is 0 Å². The van der Waals surface area contributed by atoms with Crippen molar-refractivity contribution in [2.24, 2.45) is 0 Å². The molecule has 1 aromatic rings. The summed E-state index contributed by atoms with van der Waals surface area (Å²) in [5, 5.41) is 3.36. The highest BCUT2D eigenvalue weighted by Crippen LogP contribution is 2.40. The van der Waals surface area contributed by atoms with E-state index in [1.807, 2.05) is 0 Å². The zero-order valence-electron chi connectivity index (χ0n) is 13.3. The van der Waals surface area contributed by atoms with Crippen LogP contribution in [-0.2, 0) is 16.9 Å². The number of ether oxygens (including phenoxy) is 1. The lowest BCUT2D eigenvalue weighted by Gasteiger charge is -2.28. The minimum atomic E-state index is -0.235. The van der Waals surface area contributed by atoms with E-state index in [4.69, 9.17) is 14.7 Å². The van der Waals surface area contributed by atoms with Gasteiger partial charge < -0.3 is 10.1 Å². The average Bonchev–Trinajstić information content (AvgIpc) is 2.88. The first-order valence-corrected chi connectivity index (χ1v) is 7.82. The van der Waals surface area contributed by atoms with Crippen molar-refractivity contribution in [3.63, 3.8) is 0 Å². The predicted molar refractivity (Wildman–Crippen MR) is 80.7 cm³/mol. The monoisotopic (exact) mass is 277 g/mol. The van der Waals surface area contributed by atoms with Crippen LogP contribution in [0.25, 0.3) is 0 Å². The molecule has 0 unspecified atom stereocenters. The van der Waals surface area contributed by atoms with Crippen molar-refractivity contribution < 1.29 is 4.74 Å². The van der Waals surface area contributed by atoms with Gasteiger partial charge in [0.25, 0.3) is 0 Å². The van der Waals surface area contributed by atoms with Crippen LogP contribution in [0.4, 0.5) is 0 Å². The lowest BCUT2D eigenvalue weighted by Crippen LogP contribution is -2.30. The van der Waals surface area contributed by atoms with Crippen LogP contribution in [0.5, 0.6) is 0 Å². The van der Waals surface area contributed by atoms with Crippen molar-refractivity contribution >= 4 is 0 Å². The molecule has 0 saturated heterocycles. The SMILES string of the molecule is CCNCc1c(C)nc(C2(OCC)CCCC2)nc1C. The summed E-state index contributed by atoms with van der Waals surface area (Å²) in [5.74, 6) is 0.895. The van der Waals surface area contributed by atoms with Crippen molar-refractivity contribution in [3.05, 3.63) is 22.8 Å². The van der Waals surface area contributed by atoms with Crippen LogP contribution in [0.2, 0.25) is 0 Å². The fourth-order valence-corrected chi connectivity index (χ4v) is 3.10. The van der Waals surface area contributed by atoms with Gasteiger partial charge in [-0.1, -0.05) is 6.92 Å². The molecule has 1 aliphatic carbocycles. The van der Waals surface area contributed by atoms with E-state index in [9.17, 15) is 0 Å². The molecule has 20 heavy (non-hydrogen) atoms. The van der Waals surface area contributed by atoms with Crippen LogP contribution in [0, 0.1) is 13.8 Å². The highest BCUT2D eigenvalue weighted by molar-refractivity contribution is 5.26. The molecule has 4 nitrogen and oxygen atoms in total. The number of nitrogens with one attached hydrogen (secondary N) is 1. The largest absolute Gasteiger partial charge is 0.367 e. The maximum absolute atomic E-state index is 6.07. The molecule has 0 atom stereocenters. The molecule has 1 aromatic heterocycles. The lowest BCUT2D eigenvalue weighted by atomic mass is 10.00. The Morgan fingerprint density at radius 1 is 1.10 bits per heavy atom. The average molecular weight is 277 g/mol. The summed E-state index contributed by atoms with van der Waals surface area (Å²) in [6, 6.07) is 0. The highest BCUT2D eigenvalue weighted by atomic mass is 16.5. The number of hydrogen-bond acceptors (Lipinski definition) is 4. The van der Waals surface area contributed by atoms with Gasteiger partial charge in [0.1, 0.15) is 5.60 Å². The summed E-state index contributed by atoms with van der Waals surface area (Å²) < 4.78 is 6.07. The highest BCUT2D eigenvalue weighted by Gasteiger charge is 2.39. The van der Waals surface area contributed by atoms with Gasteiger partial charge in [-0.3, -0.25) is 0 Å². The number of rotatable bonds is 6. The molecule has 1 saturated carbocycles. The van der Waals surface area contributed by atoms with Crippen LogP contribution < -0.4 is 5.32 Å². The molecule has 4 heteroatoms. The van der Waals surface area contributed by atoms with Gasteiger partial charge in [0.15, 0.2) is 5.82 Å². The first-order valence-electron chi connectivity index (χ1n) is 7.82. The summed E-state index contributed by atoms with van der Waals surface area (Å²) in [5.41, 5.74) is 3.15. The summed E-state index contributed by atoms with van der Waals surface area (Å²) in [7, 11) is 0. The zero-order valence-corrected chi connectivity index (χ0v) is 13.3. The second kappa shape index (κ2) is 6.64. The van der Waals surface area contributed by atoms with E-state index in [-0.39, 0.29) is 5.60 Å². The summed E-state index contributed by atoms with van der Waals surface area (Å²) in [6.07, 6.45) is 4.51. The molecule has 0 aromatic carbocycles. The topological polar surface area (TPSA) is 47.0 Å². The summed E-state index contributed by atoms with van der Waals surface area (Å²) >= 11 is 0. The van der Waals surface area contributed by atoms with Gasteiger partial charge in [-0.15, -0.1) is 0 Å². The second-order valence-electron chi connectivity index (χ2n) is 5.61. The summed E-state index contributed by atoms with van der Waals surface area (Å²) in [6.45, 7) is 10.9. The van der Waals surface area contributed by atoms with Crippen molar-refractivity contribution in [2.75, 3.05) is 13.2 Å². The van der Waals surface area contributed by atoms with Crippen LogP contribution in [0.1, 0.15) is 62.3 Å². The predicted octanol–water partition coefficient (Wildman–Crippen LogP) is 3.01. The molecule has 0 aliphatic heterocycles. The van der Waals surface area contributed by atoms with Gasteiger partial charge in [0, 0.05) is 30.1 Å². The van der Waals surface area contributed by atoms with Crippen molar-refractivity contribution in [1.82, 2.24) is 15.3 Å². The number of aromatic nitrogens is 2. The van der Waals surface area contributed by atoms with E-state index in [0.717, 1.165) is 49.8 Å². The summed E-state index contributed by atoms with van der Waals surface area (Å²) in [4.78, 5) is 9.57. The third-order valence-electron chi connectivity index (χ3n) is 4.21. The van der Waals surface area contributed by atoms with Crippen LogP contribution in [0.15, 0.2) is 0 Å². The molecular formula is C16H27N3O. The Kier molecular flexibility index (Phi) is 5.11. The number of hydrogen-bond donors (Lipinski definition) is 1. The first-order chi connectivity index (χ1) is 9.63. The van der Waals surface area contributed by atoms with Gasteiger partial charge in [-0.05, 0) is 53.0 Å². The molecule has 2 rings (SSSR count). The normalized spacial score (nSPS) is 17.6. The van der Waals surface area contributed by atoms with Gasteiger partial charge in [-0.2, -0.15) is 0 Å². The van der Waals surface area contributed by atoms with E-state index in [1.54, 1.807) is 0 Å². The van der Waals surface area contributed by atoms with Gasteiger partial charge in [0.2, 0.25) is 0 Å².